The summed E-state index contributed by atoms with van der Waals surface area (Å²) < 4.78 is 16.3. The number of hydrogen-bond acceptors (Lipinski definition) is 4. The first kappa shape index (κ1) is 11.4. The maximum atomic E-state index is 11.3. The molecule has 4 nitrogen and oxygen atoms in total. The molecule has 96 valence electrons. The van der Waals surface area contributed by atoms with Gasteiger partial charge in [0.05, 0.1) is 6.61 Å². The van der Waals surface area contributed by atoms with E-state index in [1.165, 1.54) is 0 Å². The van der Waals surface area contributed by atoms with E-state index < -0.39 is 0 Å². The molecule has 0 N–H and O–H groups in total. The molecule has 4 heteroatoms. The summed E-state index contributed by atoms with van der Waals surface area (Å²) in [6.45, 7) is 0.876. The van der Waals surface area contributed by atoms with Gasteiger partial charge in [0.25, 0.3) is 0 Å². The van der Waals surface area contributed by atoms with E-state index in [1.807, 2.05) is 18.2 Å². The number of fused-ring (bicyclic) bond motifs is 1. The minimum absolute atomic E-state index is 0.274. The third-order valence-corrected chi connectivity index (χ3v) is 3.41. The van der Waals surface area contributed by atoms with E-state index >= 15 is 0 Å². The highest BCUT2D eigenvalue weighted by molar-refractivity contribution is 5.79. The molecule has 0 aromatic heterocycles. The Balaban J connectivity index is 1.58. The van der Waals surface area contributed by atoms with Crippen molar-refractivity contribution in [3.05, 3.63) is 18.2 Å². The zero-order valence-corrected chi connectivity index (χ0v) is 10.2. The molecule has 1 heterocycles. The Morgan fingerprint density at radius 2 is 2.17 bits per heavy atom. The van der Waals surface area contributed by atoms with Crippen LogP contribution in [0, 0.1) is 5.92 Å². The molecule has 0 radical (unpaired) electrons. The van der Waals surface area contributed by atoms with Crippen LogP contribution >= 0.6 is 0 Å². The van der Waals surface area contributed by atoms with Crippen molar-refractivity contribution in [3.8, 4) is 17.2 Å². The molecular formula is C14H16O4. The monoisotopic (exact) mass is 248 g/mol. The summed E-state index contributed by atoms with van der Waals surface area (Å²) in [5.74, 6) is 2.98. The fourth-order valence-electron chi connectivity index (χ4n) is 2.44. The first-order chi connectivity index (χ1) is 8.81. The molecule has 0 saturated heterocycles. The number of Topliss-reactive ketones (excluding diaryl/α,β-unsaturated/α-hetero) is 1. The van der Waals surface area contributed by atoms with Crippen molar-refractivity contribution in [2.24, 2.45) is 5.92 Å². The zero-order chi connectivity index (χ0) is 12.4. The second-order valence-electron chi connectivity index (χ2n) is 4.83. The number of rotatable bonds is 3. The molecule has 1 aromatic rings. The highest BCUT2D eigenvalue weighted by Crippen LogP contribution is 2.35. The van der Waals surface area contributed by atoms with Crippen molar-refractivity contribution in [2.75, 3.05) is 13.4 Å². The fourth-order valence-corrected chi connectivity index (χ4v) is 2.44. The van der Waals surface area contributed by atoms with Gasteiger partial charge >= 0.3 is 0 Å². The van der Waals surface area contributed by atoms with Crippen LogP contribution in [0.25, 0.3) is 0 Å². The summed E-state index contributed by atoms with van der Waals surface area (Å²) in [5.41, 5.74) is 0. The molecule has 1 unspecified atom stereocenters. The normalized spacial score (nSPS) is 22.0. The third-order valence-electron chi connectivity index (χ3n) is 3.41. The summed E-state index contributed by atoms with van der Waals surface area (Å²) in [6, 6.07) is 5.56. The average molecular weight is 248 g/mol. The number of ketones is 1. The Morgan fingerprint density at radius 1 is 1.28 bits per heavy atom. The predicted molar refractivity (Wildman–Crippen MR) is 65.0 cm³/mol. The Hall–Kier alpha value is -1.71. The van der Waals surface area contributed by atoms with Crippen molar-refractivity contribution >= 4 is 5.78 Å². The predicted octanol–water partition coefficient (Wildman–Crippen LogP) is 2.55. The number of carbonyl (C=O) groups excluding carboxylic acids is 1. The van der Waals surface area contributed by atoms with Gasteiger partial charge in [-0.05, 0) is 30.9 Å². The largest absolute Gasteiger partial charge is 0.493 e. The van der Waals surface area contributed by atoms with Crippen molar-refractivity contribution in [3.63, 3.8) is 0 Å². The summed E-state index contributed by atoms with van der Waals surface area (Å²) in [5, 5.41) is 0. The average Bonchev–Trinajstić information content (AvgIpc) is 2.84. The lowest BCUT2D eigenvalue weighted by Crippen LogP contribution is -2.20. The third kappa shape index (κ3) is 2.42. The number of benzene rings is 1. The van der Waals surface area contributed by atoms with Gasteiger partial charge in [0, 0.05) is 18.9 Å². The first-order valence-electron chi connectivity index (χ1n) is 6.35. The lowest BCUT2D eigenvalue weighted by molar-refractivity contribution is -0.121. The van der Waals surface area contributed by atoms with Crippen LogP contribution in [-0.2, 0) is 4.79 Å². The molecule has 1 aliphatic heterocycles. The summed E-state index contributed by atoms with van der Waals surface area (Å²) in [4.78, 5) is 11.3. The summed E-state index contributed by atoms with van der Waals surface area (Å²) in [7, 11) is 0. The van der Waals surface area contributed by atoms with Crippen LogP contribution in [-0.4, -0.2) is 19.2 Å². The van der Waals surface area contributed by atoms with Gasteiger partial charge in [-0.3, -0.25) is 4.79 Å². The van der Waals surface area contributed by atoms with Crippen molar-refractivity contribution < 1.29 is 19.0 Å². The van der Waals surface area contributed by atoms with E-state index in [0.29, 0.717) is 24.7 Å². The number of hydrogen-bond donors (Lipinski definition) is 0. The second-order valence-corrected chi connectivity index (χ2v) is 4.83. The molecule has 1 saturated carbocycles. The minimum atomic E-state index is 0.274. The van der Waals surface area contributed by atoms with E-state index in [4.69, 9.17) is 14.2 Å². The fraction of sp³-hybridized carbons (Fsp3) is 0.500. The van der Waals surface area contributed by atoms with Gasteiger partial charge < -0.3 is 14.2 Å². The molecule has 0 amide bonds. The van der Waals surface area contributed by atoms with E-state index in [1.54, 1.807) is 0 Å². The first-order valence-corrected chi connectivity index (χ1v) is 6.35. The van der Waals surface area contributed by atoms with Crippen LogP contribution < -0.4 is 14.2 Å². The number of ether oxygens (including phenoxy) is 3. The van der Waals surface area contributed by atoms with Crippen LogP contribution in [0.4, 0.5) is 0 Å². The Kier molecular flexibility index (Phi) is 3.09. The lowest BCUT2D eigenvalue weighted by Gasteiger charge is -2.20. The zero-order valence-electron chi connectivity index (χ0n) is 10.2. The maximum absolute atomic E-state index is 11.3. The molecule has 1 atom stereocenters. The smallest absolute Gasteiger partial charge is 0.231 e. The molecule has 3 rings (SSSR count). The van der Waals surface area contributed by atoms with Crippen molar-refractivity contribution in [1.29, 1.82) is 0 Å². The molecular weight excluding hydrogens is 232 g/mol. The van der Waals surface area contributed by atoms with E-state index in [-0.39, 0.29) is 6.79 Å². The minimum Gasteiger partial charge on any atom is -0.493 e. The summed E-state index contributed by atoms with van der Waals surface area (Å²) >= 11 is 0. The van der Waals surface area contributed by atoms with Crippen molar-refractivity contribution in [1.82, 2.24) is 0 Å². The van der Waals surface area contributed by atoms with Gasteiger partial charge in [0.1, 0.15) is 11.5 Å². The molecule has 1 aromatic carbocycles. The van der Waals surface area contributed by atoms with Crippen LogP contribution in [0.15, 0.2) is 18.2 Å². The molecule has 0 bridgehead atoms. The van der Waals surface area contributed by atoms with E-state index in [0.717, 1.165) is 36.5 Å². The molecule has 2 aliphatic rings. The van der Waals surface area contributed by atoms with Gasteiger partial charge in [-0.1, -0.05) is 0 Å². The molecule has 0 spiro atoms. The van der Waals surface area contributed by atoms with Gasteiger partial charge in [-0.25, -0.2) is 0 Å². The van der Waals surface area contributed by atoms with E-state index in [2.05, 4.69) is 0 Å². The maximum Gasteiger partial charge on any atom is 0.231 e. The molecule has 18 heavy (non-hydrogen) atoms. The SMILES string of the molecule is O=C1CCCC(COc2ccc3c(c2)OCO3)C1. The topological polar surface area (TPSA) is 44.8 Å². The second kappa shape index (κ2) is 4.88. The van der Waals surface area contributed by atoms with Gasteiger partial charge in [0.2, 0.25) is 6.79 Å². The van der Waals surface area contributed by atoms with Crippen LogP contribution in [0.5, 0.6) is 17.2 Å². The van der Waals surface area contributed by atoms with Crippen LogP contribution in [0.2, 0.25) is 0 Å². The van der Waals surface area contributed by atoms with E-state index in [9.17, 15) is 4.79 Å². The highest BCUT2D eigenvalue weighted by Gasteiger charge is 2.20. The van der Waals surface area contributed by atoms with Crippen LogP contribution in [0.1, 0.15) is 25.7 Å². The highest BCUT2D eigenvalue weighted by atomic mass is 16.7. The van der Waals surface area contributed by atoms with Gasteiger partial charge in [-0.15, -0.1) is 0 Å². The summed E-state index contributed by atoms with van der Waals surface area (Å²) in [6.07, 6.45) is 3.47. The standard InChI is InChI=1S/C14H16O4/c15-11-3-1-2-10(6-11)8-16-12-4-5-13-14(7-12)18-9-17-13/h4-5,7,10H,1-3,6,8-9H2. The molecule has 1 aliphatic carbocycles. The van der Waals surface area contributed by atoms with Gasteiger partial charge in [0.15, 0.2) is 11.5 Å². The Bertz CT molecular complexity index is 455. The Labute approximate surface area is 106 Å². The van der Waals surface area contributed by atoms with Crippen LogP contribution in [0.3, 0.4) is 0 Å². The molecule has 1 fully saturated rings. The Morgan fingerprint density at radius 3 is 3.06 bits per heavy atom. The van der Waals surface area contributed by atoms with Crippen molar-refractivity contribution in [2.45, 2.75) is 25.7 Å². The number of carbonyl (C=O) groups is 1. The van der Waals surface area contributed by atoms with Gasteiger partial charge in [-0.2, -0.15) is 0 Å². The quantitative estimate of drug-likeness (QED) is 0.824. The lowest BCUT2D eigenvalue weighted by atomic mass is 9.89.